The number of nitrogens with zero attached hydrogens (tertiary/aromatic N) is 4. The van der Waals surface area contributed by atoms with Gasteiger partial charge in [-0.05, 0) is 38.5 Å². The van der Waals surface area contributed by atoms with Crippen molar-refractivity contribution >= 4 is 27.7 Å². The Labute approximate surface area is 216 Å². The van der Waals surface area contributed by atoms with Crippen LogP contribution < -0.4 is 0 Å². The van der Waals surface area contributed by atoms with Gasteiger partial charge >= 0.3 is 0 Å². The predicted molar refractivity (Wildman–Crippen MR) is 146 cm³/mol. The lowest BCUT2D eigenvalue weighted by molar-refractivity contribution is -0.132. The van der Waals surface area contributed by atoms with E-state index in [0.29, 0.717) is 30.0 Å². The molecule has 0 spiro atoms. The van der Waals surface area contributed by atoms with Crippen LogP contribution in [-0.4, -0.2) is 105 Å². The maximum Gasteiger partial charge on any atom is 0.222 e. The third kappa shape index (κ3) is 15.1. The summed E-state index contributed by atoms with van der Waals surface area (Å²) in [6.07, 6.45) is 9.88. The fourth-order valence-electron chi connectivity index (χ4n) is 3.61. The number of carbonyl (C=O) groups excluding carboxylic acids is 3. The molecule has 4 heterocycles. The smallest absolute Gasteiger partial charge is 0.222 e. The molecule has 210 valence electrons. The topological polar surface area (TPSA) is 98.3 Å². The summed E-state index contributed by atoms with van der Waals surface area (Å²) in [5.74, 6) is 1.24. The number of likely N-dealkylation sites (tertiary alicyclic amines) is 3. The molecule has 4 saturated heterocycles. The first-order valence-electron chi connectivity index (χ1n) is 11.7. The van der Waals surface area contributed by atoms with Gasteiger partial charge < -0.3 is 14.7 Å². The van der Waals surface area contributed by atoms with Gasteiger partial charge in [-0.25, -0.2) is 12.7 Å². The van der Waals surface area contributed by atoms with Crippen LogP contribution in [0.5, 0.6) is 0 Å². The number of hydrogen-bond donors (Lipinski definition) is 0. The summed E-state index contributed by atoms with van der Waals surface area (Å²) < 4.78 is 22.8. The molecule has 0 aliphatic carbocycles. The summed E-state index contributed by atoms with van der Waals surface area (Å²) in [5.41, 5.74) is 0. The normalized spacial score (nSPS) is 21.4. The number of piperidine rings is 1. The standard InChI is InChI=1S/C7H13NO.C6H11NO.C5H9NO.C4H9NO2S.3CH4/c1-8-6-4-2-3-5-7(8)9;1-7-5-3-2-4-6(7)8;1-6-4-2-3-5(6)7;1-5-3-2-4-8(5,6)7;;;/h2-6H2,1H3;2-5H2,1H3;2-4H2,1H3;2-4H2,1H3;3*1H4. The van der Waals surface area contributed by atoms with Crippen molar-refractivity contribution in [3.63, 3.8) is 0 Å². The van der Waals surface area contributed by atoms with Gasteiger partial charge in [0.2, 0.25) is 27.7 Å². The largest absolute Gasteiger partial charge is 0.346 e. The minimum atomic E-state index is -2.79. The summed E-state index contributed by atoms with van der Waals surface area (Å²) >= 11 is 0. The van der Waals surface area contributed by atoms with E-state index in [9.17, 15) is 22.8 Å². The van der Waals surface area contributed by atoms with Gasteiger partial charge in [-0.15, -0.1) is 0 Å². The fourth-order valence-corrected chi connectivity index (χ4v) is 4.82. The Hall–Kier alpha value is -1.68. The van der Waals surface area contributed by atoms with Crippen LogP contribution in [0.4, 0.5) is 0 Å². The molecule has 0 aromatic heterocycles. The molecule has 0 aromatic carbocycles. The van der Waals surface area contributed by atoms with E-state index in [2.05, 4.69) is 0 Å². The van der Waals surface area contributed by atoms with E-state index in [4.69, 9.17) is 0 Å². The number of amides is 3. The van der Waals surface area contributed by atoms with E-state index in [1.54, 1.807) is 16.8 Å². The summed E-state index contributed by atoms with van der Waals surface area (Å²) in [6, 6.07) is 0. The Morgan fingerprint density at radius 2 is 0.886 bits per heavy atom. The van der Waals surface area contributed by atoms with Crippen molar-refractivity contribution in [1.82, 2.24) is 19.0 Å². The van der Waals surface area contributed by atoms with E-state index in [0.717, 1.165) is 64.6 Å². The first-order chi connectivity index (χ1) is 15.0. The Bertz CT molecular complexity index is 715. The maximum absolute atomic E-state index is 10.9. The lowest BCUT2D eigenvalue weighted by Gasteiger charge is -2.21. The average molecular weight is 523 g/mol. The van der Waals surface area contributed by atoms with Gasteiger partial charge in [0, 0.05) is 73.6 Å². The molecule has 4 fully saturated rings. The number of carbonyl (C=O) groups is 3. The first-order valence-corrected chi connectivity index (χ1v) is 13.3. The summed E-state index contributed by atoms with van der Waals surface area (Å²) in [4.78, 5) is 37.5. The van der Waals surface area contributed by atoms with E-state index in [1.165, 1.54) is 23.6 Å². The zero-order valence-corrected chi connectivity index (χ0v) is 21.2. The number of sulfonamides is 1. The summed E-state index contributed by atoms with van der Waals surface area (Å²) in [6.45, 7) is 3.57. The maximum atomic E-state index is 10.9. The highest BCUT2D eigenvalue weighted by molar-refractivity contribution is 7.89. The minimum Gasteiger partial charge on any atom is -0.346 e. The van der Waals surface area contributed by atoms with Crippen LogP contribution in [-0.2, 0) is 24.4 Å². The van der Waals surface area contributed by atoms with Gasteiger partial charge in [-0.2, -0.15) is 0 Å². The molecule has 0 saturated carbocycles. The van der Waals surface area contributed by atoms with Crippen molar-refractivity contribution in [2.24, 2.45) is 0 Å². The highest BCUT2D eigenvalue weighted by atomic mass is 32.2. The van der Waals surface area contributed by atoms with Crippen molar-refractivity contribution in [3.8, 4) is 0 Å². The first kappa shape index (κ1) is 37.9. The zero-order chi connectivity index (χ0) is 24.1. The third-order valence-electron chi connectivity index (χ3n) is 6.03. The van der Waals surface area contributed by atoms with Crippen molar-refractivity contribution in [2.75, 3.05) is 60.1 Å². The van der Waals surface area contributed by atoms with Crippen LogP contribution in [0.25, 0.3) is 0 Å². The van der Waals surface area contributed by atoms with Crippen LogP contribution in [0, 0.1) is 0 Å². The monoisotopic (exact) mass is 522 g/mol. The van der Waals surface area contributed by atoms with E-state index in [-0.39, 0.29) is 22.3 Å². The van der Waals surface area contributed by atoms with Gasteiger partial charge in [0.05, 0.1) is 5.75 Å². The van der Waals surface area contributed by atoms with Crippen LogP contribution in [0.3, 0.4) is 0 Å². The second kappa shape index (κ2) is 19.5. The molecule has 10 heteroatoms. The minimum absolute atomic E-state index is 0. The Balaban J connectivity index is -0.000000380. The van der Waals surface area contributed by atoms with Gasteiger partial charge in [-0.3, -0.25) is 14.4 Å². The lowest BCUT2D eigenvalue weighted by atomic mass is 10.1. The molecular formula is C25H54N4O5S. The van der Waals surface area contributed by atoms with E-state index < -0.39 is 10.0 Å². The average Bonchev–Trinajstić information content (AvgIpc) is 3.20. The highest BCUT2D eigenvalue weighted by Crippen LogP contribution is 2.09. The van der Waals surface area contributed by atoms with Crippen LogP contribution in [0.1, 0.15) is 86.5 Å². The highest BCUT2D eigenvalue weighted by Gasteiger charge is 2.23. The van der Waals surface area contributed by atoms with E-state index in [1.807, 2.05) is 26.0 Å². The Kier molecular flexibility index (Phi) is 21.1. The molecule has 0 bridgehead atoms. The quantitative estimate of drug-likeness (QED) is 0.485. The van der Waals surface area contributed by atoms with Gasteiger partial charge in [0.25, 0.3) is 0 Å². The fraction of sp³-hybridized carbons (Fsp3) is 0.880. The van der Waals surface area contributed by atoms with Crippen molar-refractivity contribution < 1.29 is 22.8 Å². The SMILES string of the molecule is C.C.C.CN1CCCC1=O.CN1CCCCC1=O.CN1CCCCCC1=O.CN1CCCS1(=O)=O. The van der Waals surface area contributed by atoms with Gasteiger partial charge in [0.15, 0.2) is 0 Å². The van der Waals surface area contributed by atoms with E-state index >= 15 is 0 Å². The molecule has 35 heavy (non-hydrogen) atoms. The van der Waals surface area contributed by atoms with Crippen molar-refractivity contribution in [1.29, 1.82) is 0 Å². The molecular weight excluding hydrogens is 468 g/mol. The molecule has 0 atom stereocenters. The zero-order valence-electron chi connectivity index (χ0n) is 20.3. The van der Waals surface area contributed by atoms with Crippen molar-refractivity contribution in [3.05, 3.63) is 0 Å². The van der Waals surface area contributed by atoms with Crippen molar-refractivity contribution in [2.45, 2.75) is 86.5 Å². The molecule has 4 aliphatic rings. The second-order valence-corrected chi connectivity index (χ2v) is 11.0. The third-order valence-corrected chi connectivity index (χ3v) is 7.97. The van der Waals surface area contributed by atoms with Crippen LogP contribution in [0.15, 0.2) is 0 Å². The molecule has 9 nitrogen and oxygen atoms in total. The van der Waals surface area contributed by atoms with Gasteiger partial charge in [-0.1, -0.05) is 28.7 Å². The van der Waals surface area contributed by atoms with Crippen LogP contribution >= 0.6 is 0 Å². The molecule has 3 amide bonds. The summed E-state index contributed by atoms with van der Waals surface area (Å²) in [7, 11) is 4.41. The van der Waals surface area contributed by atoms with Crippen LogP contribution in [0.2, 0.25) is 0 Å². The molecule has 0 N–H and O–H groups in total. The second-order valence-electron chi connectivity index (χ2n) is 8.81. The Morgan fingerprint density at radius 3 is 1.20 bits per heavy atom. The Morgan fingerprint density at radius 1 is 0.514 bits per heavy atom. The molecule has 0 radical (unpaired) electrons. The molecule has 4 aliphatic heterocycles. The van der Waals surface area contributed by atoms with Gasteiger partial charge in [0.1, 0.15) is 0 Å². The molecule has 0 aromatic rings. The lowest BCUT2D eigenvalue weighted by Crippen LogP contribution is -2.31. The summed E-state index contributed by atoms with van der Waals surface area (Å²) in [5, 5.41) is 0. The predicted octanol–water partition coefficient (Wildman–Crippen LogP) is 3.45. The number of hydrogen-bond acceptors (Lipinski definition) is 5. The molecule has 0 unspecified atom stereocenters. The molecule has 4 rings (SSSR count). The number of rotatable bonds is 0.